The van der Waals surface area contributed by atoms with Gasteiger partial charge in [0.15, 0.2) is 0 Å². The van der Waals surface area contributed by atoms with Crippen LogP contribution in [0.3, 0.4) is 0 Å². The molecule has 0 saturated carbocycles. The van der Waals surface area contributed by atoms with Gasteiger partial charge >= 0.3 is 0 Å². The Morgan fingerprint density at radius 1 is 1.03 bits per heavy atom. The zero-order valence-corrected chi connectivity index (χ0v) is 18.8. The number of piperazine rings is 1. The first-order chi connectivity index (χ1) is 15.9. The maximum absolute atomic E-state index is 13.3. The molecule has 3 aromatic carbocycles. The summed E-state index contributed by atoms with van der Waals surface area (Å²) < 4.78 is 0. The van der Waals surface area contributed by atoms with E-state index in [0.717, 1.165) is 21.9 Å². The number of carbonyl (C=O) groups excluding carboxylic acids is 3. The van der Waals surface area contributed by atoms with E-state index in [1.54, 1.807) is 4.90 Å². The van der Waals surface area contributed by atoms with E-state index < -0.39 is 6.04 Å². The van der Waals surface area contributed by atoms with Crippen LogP contribution in [0.2, 0.25) is 0 Å². The molecule has 2 saturated heterocycles. The van der Waals surface area contributed by atoms with Crippen LogP contribution in [-0.2, 0) is 9.59 Å². The lowest BCUT2D eigenvalue weighted by atomic mass is 9.92. The van der Waals surface area contributed by atoms with E-state index in [4.69, 9.17) is 0 Å². The third kappa shape index (κ3) is 3.86. The number of hydrogen-bond donors (Lipinski definition) is 2. The van der Waals surface area contributed by atoms with Gasteiger partial charge in [-0.25, -0.2) is 0 Å². The largest absolute Gasteiger partial charge is 0.347 e. The highest BCUT2D eigenvalue weighted by molar-refractivity contribution is 6.11. The van der Waals surface area contributed by atoms with Crippen molar-refractivity contribution >= 4 is 28.5 Å². The molecule has 3 amide bonds. The molecule has 6 heteroatoms. The van der Waals surface area contributed by atoms with Crippen molar-refractivity contribution in [1.29, 1.82) is 0 Å². The molecule has 5 rings (SSSR count). The van der Waals surface area contributed by atoms with Crippen molar-refractivity contribution < 1.29 is 14.4 Å². The van der Waals surface area contributed by atoms with Crippen LogP contribution in [0.5, 0.6) is 0 Å². The lowest BCUT2D eigenvalue weighted by Crippen LogP contribution is -2.55. The summed E-state index contributed by atoms with van der Waals surface area (Å²) in [7, 11) is 0. The predicted molar refractivity (Wildman–Crippen MR) is 128 cm³/mol. The maximum atomic E-state index is 13.3. The summed E-state index contributed by atoms with van der Waals surface area (Å²) in [6.07, 6.45) is 0.432. The van der Waals surface area contributed by atoms with Gasteiger partial charge in [-0.3, -0.25) is 14.4 Å². The topological polar surface area (TPSA) is 78.5 Å². The van der Waals surface area contributed by atoms with Crippen molar-refractivity contribution in [1.82, 2.24) is 15.5 Å². The fraction of sp³-hybridized carbons (Fsp3) is 0.296. The van der Waals surface area contributed by atoms with E-state index in [2.05, 4.69) is 48.7 Å². The molecule has 0 radical (unpaired) electrons. The Bertz CT molecular complexity index is 1240. The first-order valence-electron chi connectivity index (χ1n) is 11.4. The molecule has 168 valence electrons. The number of amides is 3. The molecule has 33 heavy (non-hydrogen) atoms. The van der Waals surface area contributed by atoms with Gasteiger partial charge in [-0.1, -0.05) is 68.4 Å². The van der Waals surface area contributed by atoms with Crippen LogP contribution in [0, 0.1) is 0 Å². The van der Waals surface area contributed by atoms with Crippen LogP contribution in [0.15, 0.2) is 60.7 Å². The molecule has 6 nitrogen and oxygen atoms in total. The molecule has 0 aromatic heterocycles. The molecular formula is C27H27N3O3. The summed E-state index contributed by atoms with van der Waals surface area (Å²) in [6, 6.07) is 19.6. The molecule has 2 N–H and O–H groups in total. The molecule has 0 bridgehead atoms. The normalized spacial score (nSPS) is 20.2. The SMILES string of the molecule is CC(C)c1cccc(-c2ccc(C(=O)N[C@H]3C[C@H]4C(=O)NCC(=O)N4C3)c3ccccc23)c1. The predicted octanol–water partition coefficient (Wildman–Crippen LogP) is 3.46. The van der Waals surface area contributed by atoms with Crippen LogP contribution in [0.1, 0.15) is 42.1 Å². The van der Waals surface area contributed by atoms with E-state index in [1.807, 2.05) is 36.4 Å². The average molecular weight is 442 g/mol. The quantitative estimate of drug-likeness (QED) is 0.651. The Hall–Kier alpha value is -3.67. The molecule has 0 spiro atoms. The monoisotopic (exact) mass is 441 g/mol. The Labute approximate surface area is 193 Å². The van der Waals surface area contributed by atoms with Gasteiger partial charge in [-0.15, -0.1) is 0 Å². The Balaban J connectivity index is 1.45. The smallest absolute Gasteiger partial charge is 0.252 e. The zero-order chi connectivity index (χ0) is 23.1. The highest BCUT2D eigenvalue weighted by Gasteiger charge is 2.42. The number of fused-ring (bicyclic) bond motifs is 2. The summed E-state index contributed by atoms with van der Waals surface area (Å²) in [5.74, 6) is -0.00739. The minimum atomic E-state index is -0.496. The molecule has 3 aromatic rings. The first kappa shape index (κ1) is 21.2. The standard InChI is InChI=1S/C27H27N3O3/c1-16(2)17-6-5-7-18(12-17)20-10-11-23(22-9-4-3-8-21(20)22)26(32)29-19-13-24-27(33)28-14-25(31)30(24)15-19/h3-12,16,19,24H,13-15H2,1-2H3,(H,28,33)(H,29,32)/t19-,24-/m0/s1. The summed E-state index contributed by atoms with van der Waals surface area (Å²) in [6.45, 7) is 4.75. The van der Waals surface area contributed by atoms with Crippen LogP contribution < -0.4 is 10.6 Å². The molecule has 2 fully saturated rings. The van der Waals surface area contributed by atoms with Crippen molar-refractivity contribution in [3.63, 3.8) is 0 Å². The van der Waals surface area contributed by atoms with Crippen LogP contribution in [0.25, 0.3) is 21.9 Å². The Morgan fingerprint density at radius 2 is 1.82 bits per heavy atom. The van der Waals surface area contributed by atoms with Crippen LogP contribution >= 0.6 is 0 Å². The van der Waals surface area contributed by atoms with Crippen molar-refractivity contribution in [3.8, 4) is 11.1 Å². The van der Waals surface area contributed by atoms with Crippen LogP contribution in [0.4, 0.5) is 0 Å². The number of carbonyl (C=O) groups is 3. The van der Waals surface area contributed by atoms with Gasteiger partial charge in [-0.2, -0.15) is 0 Å². The minimum absolute atomic E-state index is 0.0279. The number of hydrogen-bond acceptors (Lipinski definition) is 3. The second-order valence-electron chi connectivity index (χ2n) is 9.17. The summed E-state index contributed by atoms with van der Waals surface area (Å²) in [4.78, 5) is 39.1. The van der Waals surface area contributed by atoms with E-state index in [1.165, 1.54) is 5.56 Å². The maximum Gasteiger partial charge on any atom is 0.252 e. The highest BCUT2D eigenvalue weighted by atomic mass is 16.2. The van der Waals surface area contributed by atoms with E-state index in [-0.39, 0.29) is 30.3 Å². The number of rotatable bonds is 4. The third-order valence-corrected chi connectivity index (χ3v) is 6.71. The van der Waals surface area contributed by atoms with Gasteiger partial charge in [0.2, 0.25) is 11.8 Å². The van der Waals surface area contributed by atoms with Crippen LogP contribution in [-0.4, -0.2) is 47.8 Å². The van der Waals surface area contributed by atoms with Gasteiger partial charge in [0.25, 0.3) is 5.91 Å². The van der Waals surface area contributed by atoms with Gasteiger partial charge in [-0.05, 0) is 45.9 Å². The Kier molecular flexibility index (Phi) is 5.36. The van der Waals surface area contributed by atoms with Gasteiger partial charge in [0.05, 0.1) is 6.54 Å². The lowest BCUT2D eigenvalue weighted by Gasteiger charge is -2.28. The van der Waals surface area contributed by atoms with Gasteiger partial charge in [0.1, 0.15) is 6.04 Å². The summed E-state index contributed by atoms with van der Waals surface area (Å²) >= 11 is 0. The number of benzene rings is 3. The summed E-state index contributed by atoms with van der Waals surface area (Å²) in [5.41, 5.74) is 4.08. The zero-order valence-electron chi connectivity index (χ0n) is 18.8. The molecule has 0 unspecified atom stereocenters. The van der Waals surface area contributed by atoms with E-state index in [0.29, 0.717) is 24.4 Å². The van der Waals surface area contributed by atoms with Crippen molar-refractivity contribution in [2.24, 2.45) is 0 Å². The van der Waals surface area contributed by atoms with E-state index in [9.17, 15) is 14.4 Å². The molecular weight excluding hydrogens is 414 g/mol. The van der Waals surface area contributed by atoms with Crippen molar-refractivity contribution in [2.75, 3.05) is 13.1 Å². The highest BCUT2D eigenvalue weighted by Crippen LogP contribution is 2.32. The van der Waals surface area contributed by atoms with Gasteiger partial charge < -0.3 is 15.5 Å². The molecule has 2 aliphatic rings. The summed E-state index contributed by atoms with van der Waals surface area (Å²) in [5, 5.41) is 7.58. The number of nitrogens with one attached hydrogen (secondary N) is 2. The molecule has 0 aliphatic carbocycles. The Morgan fingerprint density at radius 3 is 2.58 bits per heavy atom. The van der Waals surface area contributed by atoms with Gasteiger partial charge in [0, 0.05) is 18.2 Å². The van der Waals surface area contributed by atoms with Crippen molar-refractivity contribution in [2.45, 2.75) is 38.3 Å². The fourth-order valence-electron chi connectivity index (χ4n) is 4.92. The molecule has 2 aliphatic heterocycles. The number of nitrogens with zero attached hydrogens (tertiary/aromatic N) is 1. The second kappa shape index (κ2) is 8.35. The lowest BCUT2D eigenvalue weighted by molar-refractivity contribution is -0.143. The first-order valence-corrected chi connectivity index (χ1v) is 11.4. The molecule has 2 heterocycles. The minimum Gasteiger partial charge on any atom is -0.347 e. The van der Waals surface area contributed by atoms with Crippen molar-refractivity contribution in [3.05, 3.63) is 71.8 Å². The average Bonchev–Trinajstić information content (AvgIpc) is 3.26. The van der Waals surface area contributed by atoms with E-state index >= 15 is 0 Å². The second-order valence-corrected chi connectivity index (χ2v) is 9.17. The third-order valence-electron chi connectivity index (χ3n) is 6.71. The molecule has 2 atom stereocenters. The fourth-order valence-corrected chi connectivity index (χ4v) is 4.92.